The Morgan fingerprint density at radius 3 is 2.27 bits per heavy atom. The Morgan fingerprint density at radius 1 is 1.20 bits per heavy atom. The van der Waals surface area contributed by atoms with Gasteiger partial charge in [0.15, 0.2) is 0 Å². The third-order valence-electron chi connectivity index (χ3n) is 1.68. The van der Waals surface area contributed by atoms with Crippen LogP contribution < -0.4 is 5.32 Å². The van der Waals surface area contributed by atoms with Gasteiger partial charge in [-0.15, -0.1) is 0 Å². The molecular weight excluding hydrogens is 194 g/mol. The number of hydrogen-bond donors (Lipinski definition) is 1. The van der Waals surface area contributed by atoms with Gasteiger partial charge >= 0.3 is 5.97 Å². The number of ether oxygens (including phenoxy) is 1. The molecule has 0 spiro atoms. The van der Waals surface area contributed by atoms with Crippen LogP contribution in [0.2, 0.25) is 0 Å². The van der Waals surface area contributed by atoms with E-state index < -0.39 is 0 Å². The van der Waals surface area contributed by atoms with E-state index in [1.54, 1.807) is 6.92 Å². The lowest BCUT2D eigenvalue weighted by atomic mass is 9.97. The molecule has 0 fully saturated rings. The summed E-state index contributed by atoms with van der Waals surface area (Å²) in [7, 11) is 0. The Balaban J connectivity index is 3.62. The predicted octanol–water partition coefficient (Wildman–Crippen LogP) is 1.49. The molecule has 0 atom stereocenters. The van der Waals surface area contributed by atoms with Crippen molar-refractivity contribution in [1.29, 1.82) is 0 Å². The van der Waals surface area contributed by atoms with Crippen LogP contribution in [-0.2, 0) is 14.3 Å². The van der Waals surface area contributed by atoms with E-state index in [1.165, 1.54) is 0 Å². The molecule has 0 aromatic heterocycles. The first-order valence-electron chi connectivity index (χ1n) is 5.27. The van der Waals surface area contributed by atoms with Crippen LogP contribution in [0.4, 0.5) is 0 Å². The largest absolute Gasteiger partial charge is 0.466 e. The molecule has 15 heavy (non-hydrogen) atoms. The monoisotopic (exact) mass is 215 g/mol. The summed E-state index contributed by atoms with van der Waals surface area (Å²) in [5.74, 6) is -0.415. The Bertz CT molecular complexity index is 218. The number of carbonyl (C=O) groups excluding carboxylic acids is 2. The average molecular weight is 215 g/mol. The van der Waals surface area contributed by atoms with Crippen molar-refractivity contribution in [2.24, 2.45) is 5.41 Å². The Morgan fingerprint density at radius 2 is 1.80 bits per heavy atom. The summed E-state index contributed by atoms with van der Waals surface area (Å²) in [6.45, 7) is 8.85. The number of hydrogen-bond acceptors (Lipinski definition) is 3. The molecule has 0 aliphatic rings. The van der Waals surface area contributed by atoms with Crippen LogP contribution in [0.5, 0.6) is 0 Å². The SMILES string of the molecule is CCOC(=O)CCC(=O)NCC(C)(C)C. The van der Waals surface area contributed by atoms with Gasteiger partial charge in [-0.3, -0.25) is 9.59 Å². The minimum absolute atomic E-state index is 0.0690. The van der Waals surface area contributed by atoms with E-state index in [9.17, 15) is 9.59 Å². The molecule has 88 valence electrons. The van der Waals surface area contributed by atoms with Crippen LogP contribution in [0.1, 0.15) is 40.5 Å². The Hall–Kier alpha value is -1.06. The van der Waals surface area contributed by atoms with Crippen LogP contribution in [-0.4, -0.2) is 25.0 Å². The van der Waals surface area contributed by atoms with E-state index in [0.717, 1.165) is 0 Å². The standard InChI is InChI=1S/C11H21NO3/c1-5-15-10(14)7-6-9(13)12-8-11(2,3)4/h5-8H2,1-4H3,(H,12,13). The van der Waals surface area contributed by atoms with Crippen molar-refractivity contribution in [3.05, 3.63) is 0 Å². The molecule has 0 heterocycles. The summed E-state index contributed by atoms with van der Waals surface area (Å²) in [6.07, 6.45) is 0.360. The van der Waals surface area contributed by atoms with Gasteiger partial charge in [-0.05, 0) is 12.3 Å². The fourth-order valence-corrected chi connectivity index (χ4v) is 0.901. The molecular formula is C11H21NO3. The highest BCUT2D eigenvalue weighted by Crippen LogP contribution is 2.10. The van der Waals surface area contributed by atoms with Crippen molar-refractivity contribution in [2.45, 2.75) is 40.5 Å². The second-order valence-corrected chi connectivity index (χ2v) is 4.64. The van der Waals surface area contributed by atoms with Crippen molar-refractivity contribution in [2.75, 3.05) is 13.2 Å². The lowest BCUT2D eigenvalue weighted by molar-refractivity contribution is -0.144. The fraction of sp³-hybridized carbons (Fsp3) is 0.818. The van der Waals surface area contributed by atoms with Gasteiger partial charge in [0, 0.05) is 13.0 Å². The predicted molar refractivity (Wildman–Crippen MR) is 58.3 cm³/mol. The summed E-state index contributed by atoms with van der Waals surface area (Å²) in [5, 5.41) is 2.77. The van der Waals surface area contributed by atoms with Crippen molar-refractivity contribution in [3.63, 3.8) is 0 Å². The number of carbonyl (C=O) groups is 2. The minimum Gasteiger partial charge on any atom is -0.466 e. The zero-order chi connectivity index (χ0) is 11.9. The molecule has 0 unspecified atom stereocenters. The molecule has 0 bridgehead atoms. The van der Waals surface area contributed by atoms with Crippen molar-refractivity contribution >= 4 is 11.9 Å². The van der Waals surface area contributed by atoms with Crippen LogP contribution in [0.25, 0.3) is 0 Å². The van der Waals surface area contributed by atoms with Gasteiger partial charge in [0.05, 0.1) is 13.0 Å². The van der Waals surface area contributed by atoms with Gasteiger partial charge in [-0.2, -0.15) is 0 Å². The highest BCUT2D eigenvalue weighted by molar-refractivity contribution is 5.81. The number of rotatable bonds is 5. The molecule has 0 radical (unpaired) electrons. The normalized spacial score (nSPS) is 10.9. The summed E-state index contributed by atoms with van der Waals surface area (Å²) in [6, 6.07) is 0. The van der Waals surface area contributed by atoms with Crippen molar-refractivity contribution in [1.82, 2.24) is 5.32 Å². The third-order valence-corrected chi connectivity index (χ3v) is 1.68. The Kier molecular flexibility index (Phi) is 5.97. The van der Waals surface area contributed by atoms with Crippen LogP contribution in [0.15, 0.2) is 0 Å². The first-order valence-corrected chi connectivity index (χ1v) is 5.27. The maximum Gasteiger partial charge on any atom is 0.306 e. The zero-order valence-electron chi connectivity index (χ0n) is 10.1. The van der Waals surface area contributed by atoms with Crippen LogP contribution in [0.3, 0.4) is 0 Å². The van der Waals surface area contributed by atoms with Crippen LogP contribution in [0, 0.1) is 5.41 Å². The van der Waals surface area contributed by atoms with Gasteiger partial charge in [0.1, 0.15) is 0 Å². The van der Waals surface area contributed by atoms with Gasteiger partial charge in [-0.25, -0.2) is 0 Å². The fourth-order valence-electron chi connectivity index (χ4n) is 0.901. The minimum atomic E-state index is -0.316. The first kappa shape index (κ1) is 13.9. The summed E-state index contributed by atoms with van der Waals surface area (Å²) < 4.78 is 4.72. The molecule has 4 nitrogen and oxygen atoms in total. The summed E-state index contributed by atoms with van der Waals surface area (Å²) in [5.41, 5.74) is 0.0690. The van der Waals surface area contributed by atoms with Gasteiger partial charge in [0.25, 0.3) is 0 Å². The smallest absolute Gasteiger partial charge is 0.306 e. The summed E-state index contributed by atoms with van der Waals surface area (Å²) in [4.78, 5) is 22.2. The summed E-state index contributed by atoms with van der Waals surface area (Å²) >= 11 is 0. The molecule has 0 rings (SSSR count). The van der Waals surface area contributed by atoms with Gasteiger partial charge in [0.2, 0.25) is 5.91 Å². The first-order chi connectivity index (χ1) is 6.85. The molecule has 0 aliphatic carbocycles. The lowest BCUT2D eigenvalue weighted by Crippen LogP contribution is -2.32. The maximum absolute atomic E-state index is 11.3. The van der Waals surface area contributed by atoms with Crippen molar-refractivity contribution in [3.8, 4) is 0 Å². The van der Waals surface area contributed by atoms with E-state index in [2.05, 4.69) is 5.32 Å². The van der Waals surface area contributed by atoms with Gasteiger partial charge < -0.3 is 10.1 Å². The molecule has 0 aromatic carbocycles. The van der Waals surface area contributed by atoms with E-state index in [-0.39, 0.29) is 30.1 Å². The second kappa shape index (κ2) is 6.43. The molecule has 0 aliphatic heterocycles. The number of esters is 1. The Labute approximate surface area is 91.4 Å². The van der Waals surface area contributed by atoms with E-state index in [0.29, 0.717) is 13.2 Å². The van der Waals surface area contributed by atoms with E-state index in [4.69, 9.17) is 4.74 Å². The van der Waals surface area contributed by atoms with E-state index in [1.807, 2.05) is 20.8 Å². The van der Waals surface area contributed by atoms with E-state index >= 15 is 0 Å². The highest BCUT2D eigenvalue weighted by atomic mass is 16.5. The average Bonchev–Trinajstić information content (AvgIpc) is 2.11. The molecule has 0 saturated heterocycles. The zero-order valence-corrected chi connectivity index (χ0v) is 10.1. The lowest BCUT2D eigenvalue weighted by Gasteiger charge is -2.18. The number of nitrogens with one attached hydrogen (secondary N) is 1. The van der Waals surface area contributed by atoms with Gasteiger partial charge in [-0.1, -0.05) is 20.8 Å². The molecule has 0 saturated carbocycles. The van der Waals surface area contributed by atoms with Crippen LogP contribution >= 0.6 is 0 Å². The highest BCUT2D eigenvalue weighted by Gasteiger charge is 2.12. The second-order valence-electron chi connectivity index (χ2n) is 4.64. The molecule has 4 heteroatoms. The number of amides is 1. The molecule has 1 amide bonds. The maximum atomic E-state index is 11.3. The topological polar surface area (TPSA) is 55.4 Å². The quantitative estimate of drug-likeness (QED) is 0.707. The molecule has 1 N–H and O–H groups in total. The van der Waals surface area contributed by atoms with Crippen molar-refractivity contribution < 1.29 is 14.3 Å². The molecule has 0 aromatic rings. The third kappa shape index (κ3) is 9.25.